The average molecular weight is 443 g/mol. The lowest BCUT2D eigenvalue weighted by Gasteiger charge is -2.08. The molecular weight excluding hydrogens is 422 g/mol. The fourth-order valence-corrected chi connectivity index (χ4v) is 3.31. The third-order valence-corrected chi connectivity index (χ3v) is 5.13. The Balaban J connectivity index is 1.13. The van der Waals surface area contributed by atoms with Gasteiger partial charge in [-0.15, -0.1) is 0 Å². The minimum absolute atomic E-state index is 0.0952. The van der Waals surface area contributed by atoms with Crippen LogP contribution in [0.3, 0.4) is 0 Å². The zero-order chi connectivity index (χ0) is 22.6. The number of benzene rings is 3. The molecule has 166 valence electrons. The van der Waals surface area contributed by atoms with Gasteiger partial charge in [-0.3, -0.25) is 4.79 Å². The summed E-state index contributed by atoms with van der Waals surface area (Å²) >= 11 is 0. The first-order valence-electron chi connectivity index (χ1n) is 10.4. The molecular formula is C25H21N3O5. The van der Waals surface area contributed by atoms with E-state index in [9.17, 15) is 4.79 Å². The number of fused-ring (bicyclic) bond motifs is 1. The number of rotatable bonds is 7. The molecule has 3 aromatic carbocycles. The smallest absolute Gasteiger partial charge is 0.258 e. The van der Waals surface area contributed by atoms with Gasteiger partial charge in [0.1, 0.15) is 5.75 Å². The van der Waals surface area contributed by atoms with Crippen molar-refractivity contribution < 1.29 is 23.5 Å². The molecule has 0 atom stereocenters. The van der Waals surface area contributed by atoms with Crippen LogP contribution in [0.15, 0.2) is 71.3 Å². The Hall–Kier alpha value is -4.33. The molecule has 0 bridgehead atoms. The quantitative estimate of drug-likeness (QED) is 0.459. The van der Waals surface area contributed by atoms with Crippen molar-refractivity contribution in [1.29, 1.82) is 0 Å². The fourth-order valence-electron chi connectivity index (χ4n) is 3.31. The normalized spacial score (nSPS) is 11.9. The molecule has 0 unspecified atom stereocenters. The first-order valence-corrected chi connectivity index (χ1v) is 10.4. The van der Waals surface area contributed by atoms with Crippen molar-refractivity contribution in [3.63, 3.8) is 0 Å². The molecule has 0 aliphatic carbocycles. The lowest BCUT2D eigenvalue weighted by atomic mass is 10.1. The summed E-state index contributed by atoms with van der Waals surface area (Å²) in [5.41, 5.74) is 3.74. The van der Waals surface area contributed by atoms with Gasteiger partial charge in [-0.25, -0.2) is 0 Å². The Morgan fingerprint density at radius 1 is 0.970 bits per heavy atom. The molecule has 4 aromatic rings. The number of aromatic nitrogens is 2. The van der Waals surface area contributed by atoms with Crippen LogP contribution in [0.25, 0.3) is 22.8 Å². The van der Waals surface area contributed by atoms with Crippen molar-refractivity contribution in [1.82, 2.24) is 15.5 Å². The van der Waals surface area contributed by atoms with Crippen LogP contribution in [0, 0.1) is 6.92 Å². The number of hydrogen-bond donors (Lipinski definition) is 1. The van der Waals surface area contributed by atoms with Gasteiger partial charge in [-0.05, 0) is 48.9 Å². The van der Waals surface area contributed by atoms with E-state index in [1.165, 1.54) is 5.56 Å². The van der Waals surface area contributed by atoms with Crippen LogP contribution in [0.2, 0.25) is 0 Å². The predicted molar refractivity (Wildman–Crippen MR) is 120 cm³/mol. The highest BCUT2D eigenvalue weighted by Crippen LogP contribution is 2.32. The zero-order valence-corrected chi connectivity index (χ0v) is 17.9. The van der Waals surface area contributed by atoms with Crippen LogP contribution in [0.5, 0.6) is 17.2 Å². The number of nitrogens with one attached hydrogen (secondary N) is 1. The summed E-state index contributed by atoms with van der Waals surface area (Å²) in [6.45, 7) is 2.52. The van der Waals surface area contributed by atoms with Gasteiger partial charge in [0.05, 0.1) is 0 Å². The average Bonchev–Trinajstić information content (AvgIpc) is 3.52. The highest BCUT2D eigenvalue weighted by Gasteiger charge is 2.14. The molecule has 1 aromatic heterocycles. The van der Waals surface area contributed by atoms with Crippen molar-refractivity contribution in [3.05, 3.63) is 77.9 Å². The minimum atomic E-state index is -0.226. The van der Waals surface area contributed by atoms with E-state index in [1.807, 2.05) is 61.5 Å². The summed E-state index contributed by atoms with van der Waals surface area (Å²) in [6, 6.07) is 20.6. The van der Waals surface area contributed by atoms with Crippen molar-refractivity contribution in [2.24, 2.45) is 0 Å². The number of carbonyl (C=O) groups is 1. The second kappa shape index (κ2) is 9.04. The standard InChI is InChI=1S/C25H21N3O5/c1-16-2-5-18(6-3-16)24-27-25(33-28-24)19-7-9-20(10-8-19)30-14-23(29)26-13-17-4-11-21-22(12-17)32-15-31-21/h2-12H,13-15H2,1H3,(H,26,29). The Morgan fingerprint density at radius 3 is 2.55 bits per heavy atom. The molecule has 1 amide bonds. The second-order valence-corrected chi connectivity index (χ2v) is 7.57. The Kier molecular flexibility index (Phi) is 5.63. The molecule has 0 saturated carbocycles. The molecule has 8 nitrogen and oxygen atoms in total. The van der Waals surface area contributed by atoms with Crippen LogP contribution >= 0.6 is 0 Å². The lowest BCUT2D eigenvalue weighted by molar-refractivity contribution is -0.123. The van der Waals surface area contributed by atoms with E-state index in [0.717, 1.165) is 16.7 Å². The third kappa shape index (κ3) is 4.79. The highest BCUT2D eigenvalue weighted by molar-refractivity contribution is 5.77. The molecule has 0 spiro atoms. The number of carbonyl (C=O) groups excluding carboxylic acids is 1. The third-order valence-electron chi connectivity index (χ3n) is 5.13. The maximum Gasteiger partial charge on any atom is 0.258 e. The van der Waals surface area contributed by atoms with Crippen LogP contribution in [0.4, 0.5) is 0 Å². The number of aryl methyl sites for hydroxylation is 1. The van der Waals surface area contributed by atoms with E-state index < -0.39 is 0 Å². The van der Waals surface area contributed by atoms with E-state index in [1.54, 1.807) is 12.1 Å². The maximum absolute atomic E-state index is 12.1. The summed E-state index contributed by atoms with van der Waals surface area (Å²) in [4.78, 5) is 16.6. The Labute approximate surface area is 190 Å². The lowest BCUT2D eigenvalue weighted by Crippen LogP contribution is -2.28. The molecule has 8 heteroatoms. The van der Waals surface area contributed by atoms with Crippen molar-refractivity contribution >= 4 is 5.91 Å². The summed E-state index contributed by atoms with van der Waals surface area (Å²) < 4.78 is 21.6. The molecule has 33 heavy (non-hydrogen) atoms. The van der Waals surface area contributed by atoms with Crippen LogP contribution in [-0.4, -0.2) is 29.4 Å². The minimum Gasteiger partial charge on any atom is -0.484 e. The van der Waals surface area contributed by atoms with Gasteiger partial charge in [0.15, 0.2) is 18.1 Å². The Morgan fingerprint density at radius 2 is 1.73 bits per heavy atom. The van der Waals surface area contributed by atoms with E-state index in [4.69, 9.17) is 18.7 Å². The van der Waals surface area contributed by atoms with Gasteiger partial charge in [0, 0.05) is 17.7 Å². The van der Waals surface area contributed by atoms with Gasteiger partial charge in [-0.1, -0.05) is 41.1 Å². The van der Waals surface area contributed by atoms with Crippen LogP contribution < -0.4 is 19.5 Å². The van der Waals surface area contributed by atoms with Gasteiger partial charge < -0.3 is 24.1 Å². The molecule has 0 fully saturated rings. The summed E-state index contributed by atoms with van der Waals surface area (Å²) in [6.07, 6.45) is 0. The zero-order valence-electron chi connectivity index (χ0n) is 17.9. The number of nitrogens with zero attached hydrogens (tertiary/aromatic N) is 2. The molecule has 5 rings (SSSR count). The molecule has 1 aliphatic heterocycles. The molecule has 0 radical (unpaired) electrons. The molecule has 0 saturated heterocycles. The van der Waals surface area contributed by atoms with E-state index in [2.05, 4.69) is 15.5 Å². The first kappa shape index (κ1) is 20.6. The van der Waals surface area contributed by atoms with E-state index in [-0.39, 0.29) is 19.3 Å². The van der Waals surface area contributed by atoms with Gasteiger partial charge in [-0.2, -0.15) is 4.98 Å². The van der Waals surface area contributed by atoms with Gasteiger partial charge in [0.25, 0.3) is 11.8 Å². The van der Waals surface area contributed by atoms with Crippen molar-refractivity contribution in [2.75, 3.05) is 13.4 Å². The molecule has 1 aliphatic rings. The van der Waals surface area contributed by atoms with E-state index in [0.29, 0.717) is 35.5 Å². The highest BCUT2D eigenvalue weighted by atomic mass is 16.7. The van der Waals surface area contributed by atoms with Gasteiger partial charge >= 0.3 is 0 Å². The van der Waals surface area contributed by atoms with Crippen molar-refractivity contribution in [2.45, 2.75) is 13.5 Å². The van der Waals surface area contributed by atoms with Crippen molar-refractivity contribution in [3.8, 4) is 40.1 Å². The largest absolute Gasteiger partial charge is 0.484 e. The first-order chi connectivity index (χ1) is 16.1. The van der Waals surface area contributed by atoms with E-state index >= 15 is 0 Å². The summed E-state index contributed by atoms with van der Waals surface area (Å²) in [7, 11) is 0. The maximum atomic E-state index is 12.1. The van der Waals surface area contributed by atoms with Crippen LogP contribution in [0.1, 0.15) is 11.1 Å². The monoisotopic (exact) mass is 443 g/mol. The molecule has 2 heterocycles. The Bertz CT molecular complexity index is 1270. The predicted octanol–water partition coefficient (Wildman–Crippen LogP) is 4.14. The number of hydrogen-bond acceptors (Lipinski definition) is 7. The summed E-state index contributed by atoms with van der Waals surface area (Å²) in [5, 5.41) is 6.88. The topological polar surface area (TPSA) is 95.7 Å². The van der Waals surface area contributed by atoms with Gasteiger partial charge in [0.2, 0.25) is 12.6 Å². The number of ether oxygens (including phenoxy) is 3. The SMILES string of the molecule is Cc1ccc(-c2noc(-c3ccc(OCC(=O)NCc4ccc5c(c4)OCO5)cc3)n2)cc1. The second-order valence-electron chi connectivity index (χ2n) is 7.57. The summed E-state index contributed by atoms with van der Waals surface area (Å²) in [5.74, 6) is 2.68. The molecule has 1 N–H and O–H groups in total. The van der Waals surface area contributed by atoms with Crippen LogP contribution in [-0.2, 0) is 11.3 Å². The fraction of sp³-hybridized carbons (Fsp3) is 0.160. The number of amides is 1.